The van der Waals surface area contributed by atoms with Crippen LogP contribution in [0.15, 0.2) is 6.20 Å². The average molecular weight is 320 g/mol. The Labute approximate surface area is 132 Å². The van der Waals surface area contributed by atoms with Crippen LogP contribution in [0.4, 0.5) is 5.95 Å². The van der Waals surface area contributed by atoms with E-state index in [9.17, 15) is 0 Å². The predicted molar refractivity (Wildman–Crippen MR) is 86.1 cm³/mol. The van der Waals surface area contributed by atoms with Crippen LogP contribution in [0, 0.1) is 0 Å². The smallest absolute Gasteiger partial charge is 0.223 e. The molecule has 2 aliphatic rings. The summed E-state index contributed by atoms with van der Waals surface area (Å²) in [6.45, 7) is 4.23. The minimum atomic E-state index is 0. The molecular weight excluding hydrogens is 297 g/mol. The van der Waals surface area contributed by atoms with Gasteiger partial charge in [0.05, 0.1) is 5.69 Å². The minimum Gasteiger partial charge on any atom is -0.351 e. The molecule has 20 heavy (non-hydrogen) atoms. The maximum Gasteiger partial charge on any atom is 0.223 e. The average Bonchev–Trinajstić information content (AvgIpc) is 2.41. The van der Waals surface area contributed by atoms with E-state index in [1.54, 1.807) is 0 Å². The molecule has 3 heterocycles. The highest BCUT2D eigenvalue weighted by Gasteiger charge is 2.18. The topological polar surface area (TPSA) is 53.1 Å². The van der Waals surface area contributed by atoms with Gasteiger partial charge in [-0.05, 0) is 51.5 Å². The molecular formula is C13H23Cl2N5. The van der Waals surface area contributed by atoms with Crippen LogP contribution in [0.2, 0.25) is 0 Å². The second-order valence-corrected chi connectivity index (χ2v) is 5.31. The second-order valence-electron chi connectivity index (χ2n) is 5.31. The van der Waals surface area contributed by atoms with Gasteiger partial charge in [-0.15, -0.1) is 24.8 Å². The number of halogens is 2. The number of fused-ring (bicyclic) bond motifs is 1. The van der Waals surface area contributed by atoms with Gasteiger partial charge in [-0.3, -0.25) is 0 Å². The number of anilines is 1. The van der Waals surface area contributed by atoms with Gasteiger partial charge in [0.15, 0.2) is 0 Å². The maximum absolute atomic E-state index is 4.63. The van der Waals surface area contributed by atoms with Gasteiger partial charge in [0.25, 0.3) is 0 Å². The molecule has 1 aromatic rings. The zero-order valence-corrected chi connectivity index (χ0v) is 13.4. The maximum atomic E-state index is 4.63. The molecule has 5 nitrogen and oxygen atoms in total. The summed E-state index contributed by atoms with van der Waals surface area (Å²) in [4.78, 5) is 11.4. The van der Waals surface area contributed by atoms with Gasteiger partial charge < -0.3 is 15.5 Å². The molecule has 0 amide bonds. The van der Waals surface area contributed by atoms with Crippen molar-refractivity contribution in [3.8, 4) is 0 Å². The number of nitrogens with zero attached hydrogens (tertiary/aromatic N) is 3. The summed E-state index contributed by atoms with van der Waals surface area (Å²) in [6, 6.07) is 0.524. The van der Waals surface area contributed by atoms with Crippen molar-refractivity contribution in [1.82, 2.24) is 20.2 Å². The third kappa shape index (κ3) is 4.19. The first kappa shape index (κ1) is 17.4. The lowest BCUT2D eigenvalue weighted by Crippen LogP contribution is -2.37. The first-order valence-electron chi connectivity index (χ1n) is 6.82. The number of aromatic nitrogens is 2. The third-order valence-electron chi connectivity index (χ3n) is 3.87. The number of rotatable bonds is 2. The summed E-state index contributed by atoms with van der Waals surface area (Å²) < 4.78 is 0. The van der Waals surface area contributed by atoms with Crippen molar-refractivity contribution in [1.29, 1.82) is 0 Å². The molecule has 1 fully saturated rings. The lowest BCUT2D eigenvalue weighted by molar-refractivity contribution is 0.263. The van der Waals surface area contributed by atoms with Crippen LogP contribution in [0.3, 0.4) is 0 Å². The number of hydrogen-bond donors (Lipinski definition) is 2. The van der Waals surface area contributed by atoms with Crippen molar-refractivity contribution in [2.45, 2.75) is 31.8 Å². The minimum absolute atomic E-state index is 0. The van der Waals surface area contributed by atoms with Crippen molar-refractivity contribution in [3.63, 3.8) is 0 Å². The van der Waals surface area contributed by atoms with E-state index in [2.05, 4.69) is 32.5 Å². The van der Waals surface area contributed by atoms with Crippen LogP contribution in [-0.2, 0) is 13.0 Å². The lowest BCUT2D eigenvalue weighted by Gasteiger charge is -2.29. The molecule has 0 saturated carbocycles. The Balaban J connectivity index is 0.000001000. The number of likely N-dealkylation sites (tertiary alicyclic amines) is 1. The van der Waals surface area contributed by atoms with Crippen LogP contribution < -0.4 is 10.6 Å². The van der Waals surface area contributed by atoms with Crippen molar-refractivity contribution in [2.24, 2.45) is 0 Å². The van der Waals surface area contributed by atoms with Gasteiger partial charge in [-0.25, -0.2) is 9.97 Å². The molecule has 3 rings (SSSR count). The molecule has 0 spiro atoms. The van der Waals surface area contributed by atoms with Crippen LogP contribution in [0.25, 0.3) is 0 Å². The van der Waals surface area contributed by atoms with Crippen LogP contribution in [0.5, 0.6) is 0 Å². The van der Waals surface area contributed by atoms with E-state index in [-0.39, 0.29) is 24.8 Å². The molecule has 0 radical (unpaired) electrons. The van der Waals surface area contributed by atoms with E-state index < -0.39 is 0 Å². The number of hydrogen-bond acceptors (Lipinski definition) is 5. The summed E-state index contributed by atoms with van der Waals surface area (Å²) in [7, 11) is 2.18. The van der Waals surface area contributed by atoms with Crippen LogP contribution in [0.1, 0.15) is 24.1 Å². The van der Waals surface area contributed by atoms with E-state index >= 15 is 0 Å². The highest BCUT2D eigenvalue weighted by Crippen LogP contribution is 2.16. The molecule has 1 saturated heterocycles. The second kappa shape index (κ2) is 7.98. The SMILES string of the molecule is CN1CCC(Nc2ncc3c(n2)CNCC3)CC1.Cl.Cl. The monoisotopic (exact) mass is 319 g/mol. The zero-order valence-electron chi connectivity index (χ0n) is 11.8. The van der Waals surface area contributed by atoms with Gasteiger partial charge in [-0.2, -0.15) is 0 Å². The van der Waals surface area contributed by atoms with Gasteiger partial charge >= 0.3 is 0 Å². The first-order chi connectivity index (χ1) is 8.81. The quantitative estimate of drug-likeness (QED) is 0.864. The van der Waals surface area contributed by atoms with Crippen molar-refractivity contribution < 1.29 is 0 Å². The summed E-state index contributed by atoms with van der Waals surface area (Å²) in [5, 5.41) is 6.83. The Kier molecular flexibility index (Phi) is 6.95. The highest BCUT2D eigenvalue weighted by molar-refractivity contribution is 5.85. The lowest BCUT2D eigenvalue weighted by atomic mass is 10.1. The van der Waals surface area contributed by atoms with E-state index in [4.69, 9.17) is 0 Å². The van der Waals surface area contributed by atoms with E-state index in [0.29, 0.717) is 6.04 Å². The largest absolute Gasteiger partial charge is 0.351 e. The fourth-order valence-electron chi connectivity index (χ4n) is 2.64. The van der Waals surface area contributed by atoms with E-state index in [1.165, 1.54) is 18.4 Å². The summed E-state index contributed by atoms with van der Waals surface area (Å²) in [5.41, 5.74) is 2.45. The third-order valence-corrected chi connectivity index (χ3v) is 3.87. The highest BCUT2D eigenvalue weighted by atomic mass is 35.5. The molecule has 0 aliphatic carbocycles. The van der Waals surface area contributed by atoms with Gasteiger partial charge in [-0.1, -0.05) is 0 Å². The molecule has 2 N–H and O–H groups in total. The molecule has 1 aromatic heterocycles. The molecule has 0 aromatic carbocycles. The molecule has 0 atom stereocenters. The summed E-state index contributed by atoms with van der Waals surface area (Å²) in [5.74, 6) is 0.798. The van der Waals surface area contributed by atoms with Crippen LogP contribution in [-0.4, -0.2) is 47.6 Å². The normalized spacial score (nSPS) is 19.4. The zero-order chi connectivity index (χ0) is 12.4. The Bertz CT molecular complexity index is 421. The van der Waals surface area contributed by atoms with Gasteiger partial charge in [0.2, 0.25) is 5.95 Å². The Morgan fingerprint density at radius 1 is 1.30 bits per heavy atom. The Hall–Kier alpha value is -0.620. The fraction of sp³-hybridized carbons (Fsp3) is 0.692. The van der Waals surface area contributed by atoms with Gasteiger partial charge in [0, 0.05) is 18.8 Å². The molecule has 0 unspecified atom stereocenters. The predicted octanol–water partition coefficient (Wildman–Crippen LogP) is 1.47. The first-order valence-corrected chi connectivity index (χ1v) is 6.82. The summed E-state index contributed by atoms with van der Waals surface area (Å²) >= 11 is 0. The van der Waals surface area contributed by atoms with Crippen LogP contribution >= 0.6 is 24.8 Å². The van der Waals surface area contributed by atoms with Gasteiger partial charge in [0.1, 0.15) is 0 Å². The molecule has 2 aliphatic heterocycles. The van der Waals surface area contributed by atoms with E-state index in [0.717, 1.165) is 44.2 Å². The van der Waals surface area contributed by atoms with E-state index in [1.807, 2.05) is 6.20 Å². The van der Waals surface area contributed by atoms with Crippen molar-refractivity contribution >= 4 is 30.8 Å². The Morgan fingerprint density at radius 3 is 2.80 bits per heavy atom. The Morgan fingerprint density at radius 2 is 2.05 bits per heavy atom. The number of nitrogens with one attached hydrogen (secondary N) is 2. The number of piperidine rings is 1. The molecule has 0 bridgehead atoms. The molecule has 7 heteroatoms. The molecule has 114 valence electrons. The standard InChI is InChI=1S/C13H21N5.2ClH/c1-18-6-3-11(4-7-18)16-13-15-8-10-2-5-14-9-12(10)17-13;;/h8,11,14H,2-7,9H2,1H3,(H,15,16,17);2*1H. The summed E-state index contributed by atoms with van der Waals surface area (Å²) in [6.07, 6.45) is 5.38. The van der Waals surface area contributed by atoms with Crippen molar-refractivity contribution in [2.75, 3.05) is 32.0 Å². The fourth-order valence-corrected chi connectivity index (χ4v) is 2.64. The van der Waals surface area contributed by atoms with Crippen molar-refractivity contribution in [3.05, 3.63) is 17.5 Å².